The van der Waals surface area contributed by atoms with E-state index in [2.05, 4.69) is 26.0 Å². The molecule has 0 aromatic heterocycles. The summed E-state index contributed by atoms with van der Waals surface area (Å²) in [5.41, 5.74) is 2.12. The van der Waals surface area contributed by atoms with Crippen LogP contribution in [-0.4, -0.2) is 19.0 Å². The predicted octanol–water partition coefficient (Wildman–Crippen LogP) is 3.49. The van der Waals surface area contributed by atoms with Gasteiger partial charge in [-0.15, -0.1) is 0 Å². The minimum absolute atomic E-state index is 0.260. The number of ether oxygens (including phenoxy) is 1. The molecule has 1 fully saturated rings. The summed E-state index contributed by atoms with van der Waals surface area (Å²) < 4.78 is 5.32. The summed E-state index contributed by atoms with van der Waals surface area (Å²) >= 11 is 0. The van der Waals surface area contributed by atoms with E-state index in [1.165, 1.54) is 5.56 Å². The van der Waals surface area contributed by atoms with Crippen molar-refractivity contribution < 1.29 is 9.53 Å². The van der Waals surface area contributed by atoms with E-state index in [1.54, 1.807) is 0 Å². The van der Waals surface area contributed by atoms with Crippen LogP contribution in [-0.2, 0) is 11.2 Å². The number of rotatable bonds is 5. The molecule has 1 saturated heterocycles. The zero-order valence-electron chi connectivity index (χ0n) is 11.3. The summed E-state index contributed by atoms with van der Waals surface area (Å²) in [6.45, 7) is 5.96. The molecule has 1 aliphatic rings. The molecule has 1 aromatic carbocycles. The number of ketones is 1. The standard InChI is InChI=1S/C16H22O2/c1-12(2)8-13-4-3-5-15(9-13)16(17)10-14-6-7-18-11-14/h3-5,9,12,14H,6-8,10-11H2,1-2H3. The quantitative estimate of drug-likeness (QED) is 0.743. The highest BCUT2D eigenvalue weighted by molar-refractivity contribution is 5.96. The first-order valence-corrected chi connectivity index (χ1v) is 6.85. The Labute approximate surface area is 109 Å². The van der Waals surface area contributed by atoms with Gasteiger partial charge in [0.2, 0.25) is 0 Å². The Kier molecular flexibility index (Phi) is 4.54. The zero-order valence-corrected chi connectivity index (χ0v) is 11.3. The largest absolute Gasteiger partial charge is 0.381 e. The molecule has 1 aromatic rings. The van der Waals surface area contributed by atoms with E-state index >= 15 is 0 Å². The second-order valence-corrected chi connectivity index (χ2v) is 5.66. The molecule has 2 nitrogen and oxygen atoms in total. The number of carbonyl (C=O) groups is 1. The fraction of sp³-hybridized carbons (Fsp3) is 0.562. The Morgan fingerprint density at radius 1 is 1.44 bits per heavy atom. The summed E-state index contributed by atoms with van der Waals surface area (Å²) in [4.78, 5) is 12.2. The fourth-order valence-electron chi connectivity index (χ4n) is 2.47. The molecular formula is C16H22O2. The molecule has 0 bridgehead atoms. The molecule has 1 aliphatic heterocycles. The van der Waals surface area contributed by atoms with Crippen molar-refractivity contribution in [1.82, 2.24) is 0 Å². The van der Waals surface area contributed by atoms with E-state index in [1.807, 2.05) is 12.1 Å². The van der Waals surface area contributed by atoms with Gasteiger partial charge in [0, 0.05) is 25.2 Å². The summed E-state index contributed by atoms with van der Waals surface area (Å²) in [5.74, 6) is 1.31. The van der Waals surface area contributed by atoms with Crippen LogP contribution in [0.1, 0.15) is 42.6 Å². The van der Waals surface area contributed by atoms with Crippen LogP contribution in [0.5, 0.6) is 0 Å². The van der Waals surface area contributed by atoms with Crippen LogP contribution in [0.15, 0.2) is 24.3 Å². The highest BCUT2D eigenvalue weighted by Gasteiger charge is 2.20. The zero-order chi connectivity index (χ0) is 13.0. The van der Waals surface area contributed by atoms with Crippen LogP contribution >= 0.6 is 0 Å². The molecule has 1 unspecified atom stereocenters. The molecule has 0 saturated carbocycles. The molecule has 18 heavy (non-hydrogen) atoms. The topological polar surface area (TPSA) is 26.3 Å². The second kappa shape index (κ2) is 6.14. The maximum atomic E-state index is 12.2. The molecule has 0 aliphatic carbocycles. The maximum absolute atomic E-state index is 12.2. The molecule has 0 radical (unpaired) electrons. The highest BCUT2D eigenvalue weighted by atomic mass is 16.5. The van der Waals surface area contributed by atoms with Gasteiger partial charge in [-0.2, -0.15) is 0 Å². The minimum Gasteiger partial charge on any atom is -0.381 e. The third-order valence-corrected chi connectivity index (χ3v) is 3.39. The van der Waals surface area contributed by atoms with Crippen LogP contribution in [0.2, 0.25) is 0 Å². The molecule has 1 atom stereocenters. The number of Topliss-reactive ketones (excluding diaryl/α,β-unsaturated/α-hetero) is 1. The van der Waals surface area contributed by atoms with Gasteiger partial charge >= 0.3 is 0 Å². The van der Waals surface area contributed by atoms with Crippen LogP contribution in [0, 0.1) is 11.8 Å². The highest BCUT2D eigenvalue weighted by Crippen LogP contribution is 2.20. The Morgan fingerprint density at radius 3 is 2.94 bits per heavy atom. The van der Waals surface area contributed by atoms with Crippen LogP contribution in [0.4, 0.5) is 0 Å². The third kappa shape index (κ3) is 3.67. The van der Waals surface area contributed by atoms with Gasteiger partial charge in [-0.3, -0.25) is 4.79 Å². The lowest BCUT2D eigenvalue weighted by atomic mass is 9.95. The Bertz CT molecular complexity index is 403. The van der Waals surface area contributed by atoms with Crippen molar-refractivity contribution in [3.8, 4) is 0 Å². The van der Waals surface area contributed by atoms with Gasteiger partial charge in [0.1, 0.15) is 0 Å². The summed E-state index contributed by atoms with van der Waals surface area (Å²) in [6, 6.07) is 8.09. The normalized spacial score (nSPS) is 19.4. The Hall–Kier alpha value is -1.15. The maximum Gasteiger partial charge on any atom is 0.163 e. The first kappa shape index (κ1) is 13.3. The van der Waals surface area contributed by atoms with E-state index < -0.39 is 0 Å². The van der Waals surface area contributed by atoms with Gasteiger partial charge in [0.25, 0.3) is 0 Å². The predicted molar refractivity (Wildman–Crippen MR) is 72.9 cm³/mol. The first-order valence-electron chi connectivity index (χ1n) is 6.85. The van der Waals surface area contributed by atoms with Gasteiger partial charge < -0.3 is 4.74 Å². The second-order valence-electron chi connectivity index (χ2n) is 5.66. The molecule has 2 heteroatoms. The average molecular weight is 246 g/mol. The van der Waals surface area contributed by atoms with Crippen molar-refractivity contribution in [2.75, 3.05) is 13.2 Å². The molecular weight excluding hydrogens is 224 g/mol. The smallest absolute Gasteiger partial charge is 0.163 e. The minimum atomic E-state index is 0.260. The van der Waals surface area contributed by atoms with Crippen molar-refractivity contribution in [3.05, 3.63) is 35.4 Å². The van der Waals surface area contributed by atoms with Gasteiger partial charge in [0.15, 0.2) is 5.78 Å². The Morgan fingerprint density at radius 2 is 2.28 bits per heavy atom. The first-order chi connectivity index (χ1) is 8.65. The van der Waals surface area contributed by atoms with E-state index in [0.29, 0.717) is 18.3 Å². The van der Waals surface area contributed by atoms with E-state index in [9.17, 15) is 4.79 Å². The van der Waals surface area contributed by atoms with Crippen LogP contribution < -0.4 is 0 Å². The van der Waals surface area contributed by atoms with E-state index in [0.717, 1.165) is 31.6 Å². The van der Waals surface area contributed by atoms with Crippen molar-refractivity contribution in [3.63, 3.8) is 0 Å². The summed E-state index contributed by atoms with van der Waals surface area (Å²) in [7, 11) is 0. The lowest BCUT2D eigenvalue weighted by Gasteiger charge is -2.09. The van der Waals surface area contributed by atoms with Gasteiger partial charge in [-0.1, -0.05) is 32.0 Å². The van der Waals surface area contributed by atoms with Crippen molar-refractivity contribution in [2.24, 2.45) is 11.8 Å². The molecule has 98 valence electrons. The molecule has 0 amide bonds. The SMILES string of the molecule is CC(C)Cc1cccc(C(=O)CC2CCOC2)c1. The number of carbonyl (C=O) groups excluding carboxylic acids is 1. The molecule has 0 spiro atoms. The lowest BCUT2D eigenvalue weighted by Crippen LogP contribution is -2.09. The molecule has 1 heterocycles. The van der Waals surface area contributed by atoms with Gasteiger partial charge in [0.05, 0.1) is 0 Å². The van der Waals surface area contributed by atoms with Crippen molar-refractivity contribution in [2.45, 2.75) is 33.1 Å². The van der Waals surface area contributed by atoms with E-state index in [-0.39, 0.29) is 5.78 Å². The monoisotopic (exact) mass is 246 g/mol. The van der Waals surface area contributed by atoms with Crippen molar-refractivity contribution in [1.29, 1.82) is 0 Å². The van der Waals surface area contributed by atoms with Gasteiger partial charge in [-0.25, -0.2) is 0 Å². The molecule has 0 N–H and O–H groups in total. The van der Waals surface area contributed by atoms with Crippen LogP contribution in [0.25, 0.3) is 0 Å². The number of hydrogen-bond acceptors (Lipinski definition) is 2. The van der Waals surface area contributed by atoms with Crippen LogP contribution in [0.3, 0.4) is 0 Å². The number of benzene rings is 1. The molecule has 2 rings (SSSR count). The van der Waals surface area contributed by atoms with Gasteiger partial charge in [-0.05, 0) is 36.3 Å². The average Bonchev–Trinajstić information content (AvgIpc) is 2.81. The lowest BCUT2D eigenvalue weighted by molar-refractivity contribution is 0.0952. The fourth-order valence-corrected chi connectivity index (χ4v) is 2.47. The Balaban J connectivity index is 2.00. The summed E-state index contributed by atoms with van der Waals surface area (Å²) in [6.07, 6.45) is 2.69. The van der Waals surface area contributed by atoms with E-state index in [4.69, 9.17) is 4.74 Å². The van der Waals surface area contributed by atoms with Crippen molar-refractivity contribution >= 4 is 5.78 Å². The number of hydrogen-bond donors (Lipinski definition) is 0. The third-order valence-electron chi connectivity index (χ3n) is 3.39. The summed E-state index contributed by atoms with van der Waals surface area (Å²) in [5, 5.41) is 0.